The fourth-order valence-electron chi connectivity index (χ4n) is 2.58. The first kappa shape index (κ1) is 14.8. The Morgan fingerprint density at radius 2 is 2.20 bits per heavy atom. The highest BCUT2D eigenvalue weighted by Gasteiger charge is 2.21. The van der Waals surface area contributed by atoms with Gasteiger partial charge in [-0.15, -0.1) is 0 Å². The minimum atomic E-state index is -0.363. The van der Waals surface area contributed by atoms with Gasteiger partial charge in [0.25, 0.3) is 0 Å². The minimum Gasteiger partial charge on any atom is -0.394 e. The SMILES string of the molecule is CN1CCCC1CNC(=O)NC(CO)c1ccccc1. The summed E-state index contributed by atoms with van der Waals surface area (Å²) in [4.78, 5) is 14.2. The molecule has 2 amide bonds. The van der Waals surface area contributed by atoms with Crippen LogP contribution in [-0.2, 0) is 0 Å². The van der Waals surface area contributed by atoms with Crippen LogP contribution in [0, 0.1) is 0 Å². The van der Waals surface area contributed by atoms with E-state index in [1.807, 2.05) is 30.3 Å². The summed E-state index contributed by atoms with van der Waals surface area (Å²) in [6, 6.07) is 9.32. The van der Waals surface area contributed by atoms with Gasteiger partial charge in [-0.25, -0.2) is 4.79 Å². The molecule has 110 valence electrons. The number of urea groups is 1. The molecule has 20 heavy (non-hydrogen) atoms. The van der Waals surface area contributed by atoms with Crippen LogP contribution in [0.25, 0.3) is 0 Å². The third kappa shape index (κ3) is 3.95. The zero-order valence-electron chi connectivity index (χ0n) is 11.9. The van der Waals surface area contributed by atoms with Crippen molar-refractivity contribution in [3.8, 4) is 0 Å². The van der Waals surface area contributed by atoms with E-state index >= 15 is 0 Å². The van der Waals surface area contributed by atoms with E-state index < -0.39 is 0 Å². The first-order valence-corrected chi connectivity index (χ1v) is 7.11. The van der Waals surface area contributed by atoms with Crippen molar-refractivity contribution in [2.45, 2.75) is 24.9 Å². The molecule has 0 radical (unpaired) electrons. The van der Waals surface area contributed by atoms with Crippen LogP contribution in [-0.4, -0.2) is 48.8 Å². The average molecular weight is 277 g/mol. The molecule has 1 aromatic carbocycles. The molecular weight excluding hydrogens is 254 g/mol. The summed E-state index contributed by atoms with van der Waals surface area (Å²) in [6.45, 7) is 1.63. The van der Waals surface area contributed by atoms with Gasteiger partial charge in [-0.3, -0.25) is 0 Å². The smallest absolute Gasteiger partial charge is 0.315 e. The number of rotatable bonds is 5. The van der Waals surface area contributed by atoms with Crippen LogP contribution in [0.1, 0.15) is 24.4 Å². The normalized spacial score (nSPS) is 20.6. The standard InChI is InChI=1S/C15H23N3O2/c1-18-9-5-8-13(18)10-16-15(20)17-14(11-19)12-6-3-2-4-7-12/h2-4,6-7,13-14,19H,5,8-11H2,1H3,(H2,16,17,20). The fraction of sp³-hybridized carbons (Fsp3) is 0.533. The van der Waals surface area contributed by atoms with E-state index in [9.17, 15) is 9.90 Å². The van der Waals surface area contributed by atoms with Crippen molar-refractivity contribution in [3.63, 3.8) is 0 Å². The van der Waals surface area contributed by atoms with E-state index in [4.69, 9.17) is 0 Å². The minimum absolute atomic E-state index is 0.110. The maximum atomic E-state index is 11.9. The maximum Gasteiger partial charge on any atom is 0.315 e. The van der Waals surface area contributed by atoms with Crippen LogP contribution >= 0.6 is 0 Å². The Morgan fingerprint density at radius 1 is 1.45 bits per heavy atom. The molecule has 0 aliphatic carbocycles. The lowest BCUT2D eigenvalue weighted by Crippen LogP contribution is -2.44. The van der Waals surface area contributed by atoms with Crippen LogP contribution < -0.4 is 10.6 Å². The Bertz CT molecular complexity index is 424. The Hall–Kier alpha value is -1.59. The Morgan fingerprint density at radius 3 is 2.80 bits per heavy atom. The molecule has 2 atom stereocenters. The first-order valence-electron chi connectivity index (χ1n) is 7.11. The van der Waals surface area contributed by atoms with Gasteiger partial charge in [-0.2, -0.15) is 0 Å². The van der Waals surface area contributed by atoms with E-state index in [1.54, 1.807) is 0 Å². The lowest BCUT2D eigenvalue weighted by atomic mass is 10.1. The predicted octanol–water partition coefficient (Wildman–Crippen LogP) is 1.11. The molecule has 1 saturated heterocycles. The molecule has 1 heterocycles. The van der Waals surface area contributed by atoms with Crippen LogP contribution in [0.3, 0.4) is 0 Å². The number of carbonyl (C=O) groups excluding carboxylic acids is 1. The number of likely N-dealkylation sites (tertiary alicyclic amines) is 1. The van der Waals surface area contributed by atoms with Crippen LogP contribution in [0.2, 0.25) is 0 Å². The third-order valence-electron chi connectivity index (χ3n) is 3.86. The van der Waals surface area contributed by atoms with Gasteiger partial charge in [0.05, 0.1) is 12.6 Å². The molecule has 0 bridgehead atoms. The molecule has 5 heteroatoms. The summed E-state index contributed by atoms with van der Waals surface area (Å²) in [5, 5.41) is 15.1. The zero-order valence-corrected chi connectivity index (χ0v) is 11.9. The van der Waals surface area contributed by atoms with Gasteiger partial charge in [0.1, 0.15) is 0 Å². The van der Waals surface area contributed by atoms with Crippen LogP contribution in [0.5, 0.6) is 0 Å². The summed E-state index contributed by atoms with van der Waals surface area (Å²) >= 11 is 0. The summed E-state index contributed by atoms with van der Waals surface area (Å²) in [5.74, 6) is 0. The number of amides is 2. The van der Waals surface area contributed by atoms with E-state index in [-0.39, 0.29) is 18.7 Å². The number of carbonyl (C=O) groups is 1. The van der Waals surface area contributed by atoms with Gasteiger partial charge < -0.3 is 20.6 Å². The van der Waals surface area contributed by atoms with Gasteiger partial charge in [0, 0.05) is 12.6 Å². The molecule has 1 aliphatic heterocycles. The number of hydrogen-bond donors (Lipinski definition) is 3. The van der Waals surface area contributed by atoms with Crippen molar-refractivity contribution in [2.75, 3.05) is 26.7 Å². The first-order chi connectivity index (χ1) is 9.70. The second kappa shape index (κ2) is 7.26. The van der Waals surface area contributed by atoms with Crippen molar-refractivity contribution in [2.24, 2.45) is 0 Å². The second-order valence-electron chi connectivity index (χ2n) is 5.28. The molecule has 5 nitrogen and oxygen atoms in total. The molecule has 1 aliphatic rings. The molecule has 2 unspecified atom stereocenters. The van der Waals surface area contributed by atoms with Crippen molar-refractivity contribution in [1.82, 2.24) is 15.5 Å². The van der Waals surface area contributed by atoms with Crippen molar-refractivity contribution < 1.29 is 9.90 Å². The van der Waals surface area contributed by atoms with Crippen molar-refractivity contribution >= 4 is 6.03 Å². The van der Waals surface area contributed by atoms with E-state index in [1.165, 1.54) is 6.42 Å². The molecule has 3 N–H and O–H groups in total. The molecule has 0 spiro atoms. The summed E-state index contributed by atoms with van der Waals surface area (Å²) < 4.78 is 0. The topological polar surface area (TPSA) is 64.6 Å². The van der Waals surface area contributed by atoms with Crippen LogP contribution in [0.4, 0.5) is 4.79 Å². The van der Waals surface area contributed by atoms with Crippen molar-refractivity contribution in [1.29, 1.82) is 0 Å². The van der Waals surface area contributed by atoms with Gasteiger partial charge in [0.15, 0.2) is 0 Å². The monoisotopic (exact) mass is 277 g/mol. The average Bonchev–Trinajstić information content (AvgIpc) is 2.89. The lowest BCUT2D eigenvalue weighted by molar-refractivity contribution is 0.213. The maximum absolute atomic E-state index is 11.9. The van der Waals surface area contributed by atoms with Gasteiger partial charge >= 0.3 is 6.03 Å². The molecule has 0 saturated carbocycles. The molecule has 2 rings (SSSR count). The van der Waals surface area contributed by atoms with Gasteiger partial charge in [-0.05, 0) is 32.0 Å². The number of nitrogens with one attached hydrogen (secondary N) is 2. The summed E-state index contributed by atoms with van der Waals surface area (Å²) in [6.07, 6.45) is 2.31. The highest BCUT2D eigenvalue weighted by atomic mass is 16.3. The Balaban J connectivity index is 1.80. The Kier molecular flexibility index (Phi) is 5.38. The molecule has 1 aromatic rings. The number of aliphatic hydroxyl groups is 1. The molecular formula is C15H23N3O2. The van der Waals surface area contributed by atoms with E-state index in [2.05, 4.69) is 22.6 Å². The number of hydrogen-bond acceptors (Lipinski definition) is 3. The quantitative estimate of drug-likeness (QED) is 0.755. The zero-order chi connectivity index (χ0) is 14.4. The largest absolute Gasteiger partial charge is 0.394 e. The number of likely N-dealkylation sites (N-methyl/N-ethyl adjacent to an activating group) is 1. The number of benzene rings is 1. The van der Waals surface area contributed by atoms with Crippen LogP contribution in [0.15, 0.2) is 30.3 Å². The van der Waals surface area contributed by atoms with E-state index in [0.29, 0.717) is 12.6 Å². The van der Waals surface area contributed by atoms with E-state index in [0.717, 1.165) is 18.5 Å². The highest BCUT2D eigenvalue weighted by Crippen LogP contribution is 2.14. The fourth-order valence-corrected chi connectivity index (χ4v) is 2.58. The Labute approximate surface area is 120 Å². The number of aliphatic hydroxyl groups excluding tert-OH is 1. The molecule has 1 fully saturated rings. The highest BCUT2D eigenvalue weighted by molar-refractivity contribution is 5.74. The van der Waals surface area contributed by atoms with Gasteiger partial charge in [0.2, 0.25) is 0 Å². The second-order valence-corrected chi connectivity index (χ2v) is 5.28. The molecule has 0 aromatic heterocycles. The number of nitrogens with zero attached hydrogens (tertiary/aromatic N) is 1. The third-order valence-corrected chi connectivity index (χ3v) is 3.86. The predicted molar refractivity (Wildman–Crippen MR) is 78.5 cm³/mol. The summed E-state index contributed by atoms with van der Waals surface area (Å²) in [5.41, 5.74) is 0.906. The van der Waals surface area contributed by atoms with Crippen molar-refractivity contribution in [3.05, 3.63) is 35.9 Å². The lowest BCUT2D eigenvalue weighted by Gasteiger charge is -2.21. The summed E-state index contributed by atoms with van der Waals surface area (Å²) in [7, 11) is 2.08. The van der Waals surface area contributed by atoms with Gasteiger partial charge in [-0.1, -0.05) is 30.3 Å².